The molecule has 0 aliphatic carbocycles. The van der Waals surface area contributed by atoms with Gasteiger partial charge in [0.05, 0.1) is 4.47 Å². The summed E-state index contributed by atoms with van der Waals surface area (Å²) in [5.41, 5.74) is 1.90. The van der Waals surface area contributed by atoms with E-state index < -0.39 is 0 Å². The van der Waals surface area contributed by atoms with Crippen LogP contribution in [-0.4, -0.2) is 5.78 Å². The molecule has 2 rings (SSSR count). The van der Waals surface area contributed by atoms with E-state index in [4.69, 9.17) is 4.74 Å². The van der Waals surface area contributed by atoms with Crippen LogP contribution in [0.25, 0.3) is 0 Å². The maximum Gasteiger partial charge on any atom is 0.159 e. The smallest absolute Gasteiger partial charge is 0.159 e. The van der Waals surface area contributed by atoms with Crippen LogP contribution in [0.2, 0.25) is 0 Å². The summed E-state index contributed by atoms with van der Waals surface area (Å²) in [7, 11) is 0. The Morgan fingerprint density at radius 1 is 1.21 bits per heavy atom. The summed E-state index contributed by atoms with van der Waals surface area (Å²) < 4.78 is 6.61. The summed E-state index contributed by atoms with van der Waals surface area (Å²) in [6, 6.07) is 13.3. The number of carbonyl (C=O) groups excluding carboxylic acids is 1. The molecule has 2 aromatic carbocycles. The highest BCUT2D eigenvalue weighted by atomic mass is 79.9. The lowest BCUT2D eigenvalue weighted by Gasteiger charge is -2.09. The maximum atomic E-state index is 11.3. The number of benzene rings is 2. The van der Waals surface area contributed by atoms with Crippen molar-refractivity contribution in [2.75, 3.05) is 0 Å². The predicted octanol–water partition coefficient (Wildman–Crippen LogP) is 5.01. The number of rotatable bonds is 4. The first kappa shape index (κ1) is 13.8. The average molecular weight is 319 g/mol. The highest BCUT2D eigenvalue weighted by Crippen LogP contribution is 2.31. The van der Waals surface area contributed by atoms with Crippen LogP contribution in [0.3, 0.4) is 0 Å². The van der Waals surface area contributed by atoms with Gasteiger partial charge >= 0.3 is 0 Å². The summed E-state index contributed by atoms with van der Waals surface area (Å²) in [4.78, 5) is 11.3. The van der Waals surface area contributed by atoms with E-state index in [-0.39, 0.29) is 5.78 Å². The van der Waals surface area contributed by atoms with E-state index in [2.05, 4.69) is 28.9 Å². The zero-order chi connectivity index (χ0) is 13.8. The molecule has 2 nitrogen and oxygen atoms in total. The van der Waals surface area contributed by atoms with Gasteiger partial charge in [-0.25, -0.2) is 0 Å². The Kier molecular flexibility index (Phi) is 4.38. The first-order chi connectivity index (χ1) is 9.10. The van der Waals surface area contributed by atoms with E-state index in [1.54, 1.807) is 25.1 Å². The highest BCUT2D eigenvalue weighted by molar-refractivity contribution is 9.10. The molecule has 0 atom stereocenters. The number of aryl methyl sites for hydroxylation is 1. The number of halogens is 1. The molecule has 0 heterocycles. The van der Waals surface area contributed by atoms with Gasteiger partial charge in [0.1, 0.15) is 11.5 Å². The molecule has 0 bridgehead atoms. The molecule has 0 fully saturated rings. The first-order valence-electron chi connectivity index (χ1n) is 6.17. The standard InChI is InChI=1S/C16H15BrO2/c1-3-12-5-4-6-14(9-12)19-16-8-7-13(11(2)18)10-15(16)17/h4-10H,3H2,1-2H3. The molecule has 0 spiro atoms. The van der Waals surface area contributed by atoms with Crippen LogP contribution >= 0.6 is 15.9 Å². The molecule has 0 amide bonds. The summed E-state index contributed by atoms with van der Waals surface area (Å²) >= 11 is 3.43. The van der Waals surface area contributed by atoms with Gasteiger partial charge < -0.3 is 4.74 Å². The minimum Gasteiger partial charge on any atom is -0.456 e. The molecule has 2 aromatic rings. The molecular formula is C16H15BrO2. The molecule has 0 aromatic heterocycles. The second kappa shape index (κ2) is 6.02. The van der Waals surface area contributed by atoms with Crippen molar-refractivity contribution in [3.8, 4) is 11.5 Å². The SMILES string of the molecule is CCc1cccc(Oc2ccc(C(C)=O)cc2Br)c1. The van der Waals surface area contributed by atoms with Gasteiger partial charge in [-0.15, -0.1) is 0 Å². The zero-order valence-electron chi connectivity index (χ0n) is 10.9. The van der Waals surface area contributed by atoms with Gasteiger partial charge in [0.25, 0.3) is 0 Å². The Balaban J connectivity index is 2.25. The van der Waals surface area contributed by atoms with Crippen molar-refractivity contribution in [2.24, 2.45) is 0 Å². The Bertz CT molecular complexity index is 605. The van der Waals surface area contributed by atoms with Gasteiger partial charge in [-0.05, 0) is 65.2 Å². The lowest BCUT2D eigenvalue weighted by atomic mass is 10.1. The third kappa shape index (κ3) is 3.44. The topological polar surface area (TPSA) is 26.3 Å². The second-order valence-electron chi connectivity index (χ2n) is 4.30. The van der Waals surface area contributed by atoms with E-state index in [9.17, 15) is 4.79 Å². The van der Waals surface area contributed by atoms with Crippen LogP contribution in [0, 0.1) is 0 Å². The van der Waals surface area contributed by atoms with Crippen LogP contribution < -0.4 is 4.74 Å². The Morgan fingerprint density at radius 2 is 2.00 bits per heavy atom. The molecule has 0 saturated heterocycles. The van der Waals surface area contributed by atoms with Crippen molar-refractivity contribution >= 4 is 21.7 Å². The van der Waals surface area contributed by atoms with Gasteiger partial charge in [-0.3, -0.25) is 4.79 Å². The number of ketones is 1. The third-order valence-electron chi connectivity index (χ3n) is 2.87. The Morgan fingerprint density at radius 3 is 2.63 bits per heavy atom. The van der Waals surface area contributed by atoms with Crippen LogP contribution in [0.15, 0.2) is 46.9 Å². The molecule has 19 heavy (non-hydrogen) atoms. The molecule has 0 saturated carbocycles. The minimum atomic E-state index is 0.0419. The van der Waals surface area contributed by atoms with E-state index in [0.717, 1.165) is 16.6 Å². The number of carbonyl (C=O) groups is 1. The quantitative estimate of drug-likeness (QED) is 0.741. The van der Waals surface area contributed by atoms with E-state index in [0.29, 0.717) is 11.3 Å². The third-order valence-corrected chi connectivity index (χ3v) is 3.49. The van der Waals surface area contributed by atoms with Crippen molar-refractivity contribution in [2.45, 2.75) is 20.3 Å². The van der Waals surface area contributed by atoms with Gasteiger partial charge in [-0.2, -0.15) is 0 Å². The average Bonchev–Trinajstić information content (AvgIpc) is 2.41. The van der Waals surface area contributed by atoms with Crippen molar-refractivity contribution in [1.82, 2.24) is 0 Å². The second-order valence-corrected chi connectivity index (χ2v) is 5.16. The van der Waals surface area contributed by atoms with Crippen molar-refractivity contribution in [3.05, 3.63) is 58.1 Å². The molecule has 0 N–H and O–H groups in total. The molecule has 3 heteroatoms. The maximum absolute atomic E-state index is 11.3. The Hall–Kier alpha value is -1.61. The van der Waals surface area contributed by atoms with Crippen LogP contribution in [0.5, 0.6) is 11.5 Å². The fraction of sp³-hybridized carbons (Fsp3) is 0.188. The number of ether oxygens (including phenoxy) is 1. The molecule has 0 aliphatic rings. The number of hydrogen-bond donors (Lipinski definition) is 0. The zero-order valence-corrected chi connectivity index (χ0v) is 12.5. The van der Waals surface area contributed by atoms with Gasteiger partial charge in [0.2, 0.25) is 0 Å². The first-order valence-corrected chi connectivity index (χ1v) is 6.96. The highest BCUT2D eigenvalue weighted by Gasteiger charge is 2.07. The number of Topliss-reactive ketones (excluding diaryl/α,β-unsaturated/α-hetero) is 1. The molecule has 98 valence electrons. The van der Waals surface area contributed by atoms with Crippen molar-refractivity contribution < 1.29 is 9.53 Å². The van der Waals surface area contributed by atoms with Crippen molar-refractivity contribution in [3.63, 3.8) is 0 Å². The van der Waals surface area contributed by atoms with E-state index in [1.807, 2.05) is 18.2 Å². The molecular weight excluding hydrogens is 304 g/mol. The van der Waals surface area contributed by atoms with Gasteiger partial charge in [0.15, 0.2) is 5.78 Å². The van der Waals surface area contributed by atoms with E-state index >= 15 is 0 Å². The Labute approximate surface area is 121 Å². The fourth-order valence-corrected chi connectivity index (χ4v) is 2.22. The lowest BCUT2D eigenvalue weighted by Crippen LogP contribution is -1.93. The van der Waals surface area contributed by atoms with Gasteiger partial charge in [-0.1, -0.05) is 19.1 Å². The summed E-state index contributed by atoms with van der Waals surface area (Å²) in [5, 5.41) is 0. The summed E-state index contributed by atoms with van der Waals surface area (Å²) in [6.45, 7) is 3.66. The van der Waals surface area contributed by atoms with Gasteiger partial charge in [0, 0.05) is 5.56 Å². The van der Waals surface area contributed by atoms with Crippen molar-refractivity contribution in [1.29, 1.82) is 0 Å². The molecule has 0 radical (unpaired) electrons. The summed E-state index contributed by atoms with van der Waals surface area (Å²) in [5.74, 6) is 1.55. The van der Waals surface area contributed by atoms with Crippen LogP contribution in [-0.2, 0) is 6.42 Å². The fourth-order valence-electron chi connectivity index (χ4n) is 1.76. The normalized spacial score (nSPS) is 10.3. The minimum absolute atomic E-state index is 0.0419. The summed E-state index contributed by atoms with van der Waals surface area (Å²) in [6.07, 6.45) is 0.974. The molecule has 0 unspecified atom stereocenters. The predicted molar refractivity (Wildman–Crippen MR) is 80.0 cm³/mol. The monoisotopic (exact) mass is 318 g/mol. The van der Waals surface area contributed by atoms with Crippen LogP contribution in [0.4, 0.5) is 0 Å². The largest absolute Gasteiger partial charge is 0.456 e. The lowest BCUT2D eigenvalue weighted by molar-refractivity contribution is 0.101. The van der Waals surface area contributed by atoms with E-state index in [1.165, 1.54) is 5.56 Å². The molecule has 0 aliphatic heterocycles. The van der Waals surface area contributed by atoms with Crippen LogP contribution in [0.1, 0.15) is 29.8 Å². The number of hydrogen-bond acceptors (Lipinski definition) is 2.